The lowest BCUT2D eigenvalue weighted by Gasteiger charge is -2.14. The van der Waals surface area contributed by atoms with E-state index in [4.69, 9.17) is 17.3 Å². The molecule has 1 aromatic heterocycles. The van der Waals surface area contributed by atoms with Gasteiger partial charge in [-0.1, -0.05) is 11.6 Å². The Kier molecular flexibility index (Phi) is 3.98. The molecule has 4 N–H and O–H groups in total. The van der Waals surface area contributed by atoms with Crippen LogP contribution in [0.25, 0.3) is 0 Å². The first kappa shape index (κ1) is 14.8. The predicted molar refractivity (Wildman–Crippen MR) is 73.1 cm³/mol. The Hall–Kier alpha value is -1.64. The fourth-order valence-corrected chi connectivity index (χ4v) is 3.39. The summed E-state index contributed by atoms with van der Waals surface area (Å²) in [4.78, 5) is -0.270. The van der Waals surface area contributed by atoms with Gasteiger partial charge in [0.2, 0.25) is 10.0 Å². The number of rotatable bonds is 4. The van der Waals surface area contributed by atoms with Crippen molar-refractivity contribution in [3.05, 3.63) is 40.9 Å². The van der Waals surface area contributed by atoms with Crippen molar-refractivity contribution in [3.63, 3.8) is 0 Å². The van der Waals surface area contributed by atoms with Crippen LogP contribution < -0.4 is 10.5 Å². The summed E-state index contributed by atoms with van der Waals surface area (Å²) in [6.45, 7) is 1.64. The number of hydrogen-bond donors (Lipinski definition) is 3. The van der Waals surface area contributed by atoms with E-state index in [2.05, 4.69) is 14.9 Å². The average Bonchev–Trinajstić information content (AvgIpc) is 2.86. The summed E-state index contributed by atoms with van der Waals surface area (Å²) in [5, 5.41) is 6.08. The normalized spacial score (nSPS) is 13.3. The van der Waals surface area contributed by atoms with Gasteiger partial charge < -0.3 is 5.73 Å². The Morgan fingerprint density at radius 3 is 2.80 bits per heavy atom. The van der Waals surface area contributed by atoms with Gasteiger partial charge in [-0.25, -0.2) is 17.5 Å². The Morgan fingerprint density at radius 2 is 2.20 bits per heavy atom. The van der Waals surface area contributed by atoms with Crippen LogP contribution in [0.1, 0.15) is 18.5 Å². The van der Waals surface area contributed by atoms with Crippen molar-refractivity contribution in [2.24, 2.45) is 0 Å². The van der Waals surface area contributed by atoms with Crippen molar-refractivity contribution in [2.75, 3.05) is 5.73 Å². The summed E-state index contributed by atoms with van der Waals surface area (Å²) >= 11 is 5.76. The second-order valence-corrected chi connectivity index (χ2v) is 6.27. The first-order valence-electron chi connectivity index (χ1n) is 5.57. The molecule has 1 atom stereocenters. The minimum Gasteiger partial charge on any atom is -0.396 e. The predicted octanol–water partition coefficient (Wildman–Crippen LogP) is 1.82. The number of hydrogen-bond acceptors (Lipinski definition) is 4. The van der Waals surface area contributed by atoms with E-state index in [9.17, 15) is 12.8 Å². The minimum absolute atomic E-state index is 0.233. The molecule has 0 aliphatic heterocycles. The fraction of sp³-hybridized carbons (Fsp3) is 0.182. The van der Waals surface area contributed by atoms with Crippen LogP contribution in [0.4, 0.5) is 10.1 Å². The SMILES string of the molecule is CC(NS(=O)(=O)c1cc(N)c(F)cc1Cl)c1cn[nH]c1. The maximum Gasteiger partial charge on any atom is 0.242 e. The zero-order valence-corrected chi connectivity index (χ0v) is 12.0. The van der Waals surface area contributed by atoms with E-state index >= 15 is 0 Å². The average molecular weight is 319 g/mol. The number of aromatic nitrogens is 2. The van der Waals surface area contributed by atoms with Gasteiger partial charge in [-0.2, -0.15) is 5.10 Å². The molecule has 0 aliphatic rings. The minimum atomic E-state index is -3.93. The number of aromatic amines is 1. The topological polar surface area (TPSA) is 101 Å². The Balaban J connectivity index is 2.34. The molecule has 0 radical (unpaired) electrons. The van der Waals surface area contributed by atoms with Gasteiger partial charge in [0.05, 0.1) is 16.9 Å². The van der Waals surface area contributed by atoms with Gasteiger partial charge in [-0.05, 0) is 19.1 Å². The van der Waals surface area contributed by atoms with Gasteiger partial charge in [-0.3, -0.25) is 5.10 Å². The molecular weight excluding hydrogens is 307 g/mol. The zero-order chi connectivity index (χ0) is 14.9. The van der Waals surface area contributed by atoms with Crippen molar-refractivity contribution >= 4 is 27.3 Å². The van der Waals surface area contributed by atoms with Crippen LogP contribution in [0.15, 0.2) is 29.4 Å². The van der Waals surface area contributed by atoms with Crippen LogP contribution in [0, 0.1) is 5.82 Å². The van der Waals surface area contributed by atoms with E-state index in [1.165, 1.54) is 6.20 Å². The maximum atomic E-state index is 13.2. The first-order chi connectivity index (χ1) is 9.31. The second kappa shape index (κ2) is 5.39. The summed E-state index contributed by atoms with van der Waals surface area (Å²) in [5.74, 6) is -0.767. The van der Waals surface area contributed by atoms with E-state index in [-0.39, 0.29) is 15.6 Å². The van der Waals surface area contributed by atoms with E-state index in [0.717, 1.165) is 12.1 Å². The number of H-pyrrole nitrogens is 1. The molecule has 0 spiro atoms. The van der Waals surface area contributed by atoms with Gasteiger partial charge in [0.15, 0.2) is 0 Å². The highest BCUT2D eigenvalue weighted by molar-refractivity contribution is 7.89. The third-order valence-corrected chi connectivity index (χ3v) is 4.70. The summed E-state index contributed by atoms with van der Waals surface area (Å²) < 4.78 is 40.0. The number of nitrogens with one attached hydrogen (secondary N) is 2. The van der Waals surface area contributed by atoms with Crippen molar-refractivity contribution < 1.29 is 12.8 Å². The molecule has 0 bridgehead atoms. The molecule has 0 aliphatic carbocycles. The monoisotopic (exact) mass is 318 g/mol. The second-order valence-electron chi connectivity index (χ2n) is 4.18. The van der Waals surface area contributed by atoms with E-state index in [1.54, 1.807) is 13.1 Å². The maximum absolute atomic E-state index is 13.2. The molecule has 0 amide bonds. The lowest BCUT2D eigenvalue weighted by Crippen LogP contribution is -2.27. The molecule has 1 aromatic carbocycles. The number of sulfonamides is 1. The molecule has 1 heterocycles. The Morgan fingerprint density at radius 1 is 1.50 bits per heavy atom. The Labute approximate surface area is 120 Å². The number of nitrogens with zero attached hydrogens (tertiary/aromatic N) is 1. The number of nitrogen functional groups attached to an aromatic ring is 1. The molecular formula is C11H12ClFN4O2S. The van der Waals surface area contributed by atoms with E-state index in [0.29, 0.717) is 5.56 Å². The smallest absolute Gasteiger partial charge is 0.242 e. The number of benzene rings is 1. The van der Waals surface area contributed by atoms with E-state index in [1.807, 2.05) is 0 Å². The van der Waals surface area contributed by atoms with Gasteiger partial charge in [-0.15, -0.1) is 0 Å². The van der Waals surface area contributed by atoms with Crippen LogP contribution in [-0.2, 0) is 10.0 Å². The summed E-state index contributed by atoms with van der Waals surface area (Å²) in [5.41, 5.74) is 5.74. The van der Waals surface area contributed by atoms with Gasteiger partial charge in [0.1, 0.15) is 10.7 Å². The van der Waals surface area contributed by atoms with Gasteiger partial charge >= 0.3 is 0 Å². The highest BCUT2D eigenvalue weighted by Crippen LogP contribution is 2.27. The first-order valence-corrected chi connectivity index (χ1v) is 7.43. The highest BCUT2D eigenvalue weighted by atomic mass is 35.5. The summed E-state index contributed by atoms with van der Waals surface area (Å²) in [6, 6.07) is 1.33. The quantitative estimate of drug-likeness (QED) is 0.748. The van der Waals surface area contributed by atoms with Gasteiger partial charge in [0, 0.05) is 17.8 Å². The Bertz CT molecular complexity index is 718. The fourth-order valence-electron chi connectivity index (χ4n) is 1.61. The molecule has 2 aromatic rings. The zero-order valence-electron chi connectivity index (χ0n) is 10.4. The lowest BCUT2D eigenvalue weighted by atomic mass is 10.2. The van der Waals surface area contributed by atoms with E-state index < -0.39 is 21.9 Å². The van der Waals surface area contributed by atoms with Crippen LogP contribution in [0.2, 0.25) is 5.02 Å². The molecule has 20 heavy (non-hydrogen) atoms. The molecule has 9 heteroatoms. The standard InChI is InChI=1S/C11H12ClFN4O2S/c1-6(7-4-15-16-5-7)17-20(18,19)11-3-10(14)9(13)2-8(11)12/h2-6,17H,14H2,1H3,(H,15,16). The van der Waals surface area contributed by atoms with Crippen molar-refractivity contribution in [1.82, 2.24) is 14.9 Å². The molecule has 0 saturated carbocycles. The van der Waals surface area contributed by atoms with Gasteiger partial charge in [0.25, 0.3) is 0 Å². The van der Waals surface area contributed by atoms with Crippen molar-refractivity contribution in [2.45, 2.75) is 17.9 Å². The number of nitrogens with two attached hydrogens (primary N) is 1. The summed E-state index contributed by atoms with van der Waals surface area (Å²) in [6.07, 6.45) is 3.06. The highest BCUT2D eigenvalue weighted by Gasteiger charge is 2.23. The lowest BCUT2D eigenvalue weighted by molar-refractivity contribution is 0.566. The number of halogens is 2. The number of anilines is 1. The molecule has 0 fully saturated rings. The third kappa shape index (κ3) is 2.92. The summed E-state index contributed by atoms with van der Waals surface area (Å²) in [7, 11) is -3.93. The molecule has 2 rings (SSSR count). The molecule has 6 nitrogen and oxygen atoms in total. The van der Waals surface area contributed by atoms with Crippen molar-refractivity contribution in [3.8, 4) is 0 Å². The van der Waals surface area contributed by atoms with Crippen LogP contribution in [-0.4, -0.2) is 18.6 Å². The molecule has 0 saturated heterocycles. The molecule has 108 valence electrons. The largest absolute Gasteiger partial charge is 0.396 e. The van der Waals surface area contributed by atoms with Crippen LogP contribution in [0.5, 0.6) is 0 Å². The van der Waals surface area contributed by atoms with Crippen LogP contribution >= 0.6 is 11.6 Å². The molecule has 1 unspecified atom stereocenters. The third-order valence-electron chi connectivity index (χ3n) is 2.69. The van der Waals surface area contributed by atoms with Crippen molar-refractivity contribution in [1.29, 1.82) is 0 Å². The van der Waals surface area contributed by atoms with Crippen LogP contribution in [0.3, 0.4) is 0 Å².